The van der Waals surface area contributed by atoms with Gasteiger partial charge in [0, 0.05) is 18.3 Å². The summed E-state index contributed by atoms with van der Waals surface area (Å²) in [6.07, 6.45) is -0.265. The molecular weight excluding hydrogens is 488 g/mol. The summed E-state index contributed by atoms with van der Waals surface area (Å²) in [6.45, 7) is 9.41. The van der Waals surface area contributed by atoms with Crippen LogP contribution in [-0.2, 0) is 10.2 Å². The molecule has 1 fully saturated rings. The lowest BCUT2D eigenvalue weighted by atomic mass is 9.87. The Morgan fingerprint density at radius 2 is 1.89 bits per heavy atom. The van der Waals surface area contributed by atoms with E-state index in [1.807, 2.05) is 43.1 Å². The van der Waals surface area contributed by atoms with Crippen LogP contribution >= 0.6 is 0 Å². The number of benzene rings is 1. The predicted octanol–water partition coefficient (Wildman–Crippen LogP) is 1.86. The number of fused-ring (bicyclic) bond motifs is 1. The van der Waals surface area contributed by atoms with Gasteiger partial charge in [-0.25, -0.2) is 19.7 Å². The smallest absolute Gasteiger partial charge is 0.319 e. The molecule has 3 aromatic rings. The molecule has 0 radical (unpaired) electrons. The molecule has 2 aromatic heterocycles. The van der Waals surface area contributed by atoms with E-state index < -0.39 is 24.5 Å². The first kappa shape index (κ1) is 27.7. The number of hydrogen-bond donors (Lipinski definition) is 5. The summed E-state index contributed by atoms with van der Waals surface area (Å²) >= 11 is 0. The van der Waals surface area contributed by atoms with Crippen LogP contribution in [0.15, 0.2) is 36.9 Å². The van der Waals surface area contributed by atoms with Gasteiger partial charge in [-0.15, -0.1) is 0 Å². The molecule has 3 heterocycles. The molecule has 0 saturated carbocycles. The van der Waals surface area contributed by atoms with E-state index in [9.17, 15) is 15.0 Å². The Kier molecular flexibility index (Phi) is 8.16. The number of aromatic nitrogens is 4. The first-order valence-electron chi connectivity index (χ1n) is 12.7. The molecule has 0 bridgehead atoms. The van der Waals surface area contributed by atoms with Crippen molar-refractivity contribution in [2.45, 2.75) is 70.1 Å². The molecule has 1 saturated heterocycles. The van der Waals surface area contributed by atoms with Gasteiger partial charge in [-0.1, -0.05) is 32.9 Å². The lowest BCUT2D eigenvalue weighted by Crippen LogP contribution is -2.41. The number of nitrogens with two attached hydrogens (primary N) is 1. The summed E-state index contributed by atoms with van der Waals surface area (Å²) < 4.78 is 7.57. The van der Waals surface area contributed by atoms with Crippen LogP contribution in [-0.4, -0.2) is 85.2 Å². The highest BCUT2D eigenvalue weighted by Gasteiger charge is 2.44. The van der Waals surface area contributed by atoms with Crippen LogP contribution in [0, 0.1) is 0 Å². The number of likely N-dealkylation sites (N-methyl/N-ethyl adjacent to an activating group) is 1. The second kappa shape index (κ2) is 11.2. The molecule has 1 aromatic carbocycles. The fourth-order valence-corrected chi connectivity index (χ4v) is 4.50. The number of nitrogen functional groups attached to an aromatic ring is 1. The number of rotatable bonds is 8. The third-order valence-corrected chi connectivity index (χ3v) is 6.82. The van der Waals surface area contributed by atoms with Crippen LogP contribution in [0.1, 0.15) is 45.9 Å². The number of hydrogen-bond acceptors (Lipinski definition) is 9. The highest BCUT2D eigenvalue weighted by molar-refractivity contribution is 5.89. The molecule has 2 unspecified atom stereocenters. The standard InChI is InChI=1S/C26H38N8O4/c1-15(31-25(37)32-17-8-6-16(7-9-17)26(2,3)4)10-11-33(5)12-18-20(35)21(36)24(38-18)34-14-30-19-22(27)28-13-29-23(19)34/h6-9,13-15,18,20-21,24,35-36H,10-12H2,1-5H3,(H2,27,28,29)(H2,31,32,37)/t15?,18-,20-,21-,24?/m1/s1. The SMILES string of the molecule is CC(CCN(C)C[C@H]1OC(n2cnc3c(N)ncnc32)[C@H](O)[C@@H]1O)NC(=O)Nc1ccc(C(C)(C)C)cc1. The molecule has 0 spiro atoms. The maximum Gasteiger partial charge on any atom is 0.319 e. The minimum Gasteiger partial charge on any atom is -0.387 e. The number of carbonyl (C=O) groups excluding carboxylic acids is 1. The number of imidazole rings is 1. The van der Waals surface area contributed by atoms with Crippen molar-refractivity contribution in [1.82, 2.24) is 29.7 Å². The van der Waals surface area contributed by atoms with E-state index in [1.165, 1.54) is 18.2 Å². The van der Waals surface area contributed by atoms with E-state index in [2.05, 4.69) is 46.4 Å². The Balaban J connectivity index is 1.25. The Morgan fingerprint density at radius 3 is 2.58 bits per heavy atom. The van der Waals surface area contributed by atoms with Gasteiger partial charge >= 0.3 is 6.03 Å². The molecule has 1 aliphatic rings. The molecule has 206 valence electrons. The number of anilines is 2. The monoisotopic (exact) mass is 526 g/mol. The van der Waals surface area contributed by atoms with Crippen LogP contribution in [0.5, 0.6) is 0 Å². The van der Waals surface area contributed by atoms with Crippen molar-refractivity contribution in [2.75, 3.05) is 31.2 Å². The number of aliphatic hydroxyl groups is 2. The van der Waals surface area contributed by atoms with Crippen LogP contribution < -0.4 is 16.4 Å². The topological polar surface area (TPSA) is 164 Å². The summed E-state index contributed by atoms with van der Waals surface area (Å²) in [7, 11) is 1.90. The van der Waals surface area contributed by atoms with Crippen LogP contribution in [0.4, 0.5) is 16.3 Å². The second-order valence-corrected chi connectivity index (χ2v) is 11.0. The summed E-state index contributed by atoms with van der Waals surface area (Å²) in [4.78, 5) is 26.7. The highest BCUT2D eigenvalue weighted by atomic mass is 16.6. The van der Waals surface area contributed by atoms with Crippen molar-refractivity contribution in [3.8, 4) is 0 Å². The van der Waals surface area contributed by atoms with E-state index in [-0.39, 0.29) is 23.3 Å². The van der Waals surface area contributed by atoms with Crippen molar-refractivity contribution >= 4 is 28.7 Å². The van der Waals surface area contributed by atoms with Crippen molar-refractivity contribution in [1.29, 1.82) is 0 Å². The Labute approximate surface area is 222 Å². The van der Waals surface area contributed by atoms with E-state index in [4.69, 9.17) is 10.5 Å². The largest absolute Gasteiger partial charge is 0.387 e. The van der Waals surface area contributed by atoms with Gasteiger partial charge in [0.1, 0.15) is 30.2 Å². The fraction of sp³-hybridized carbons (Fsp3) is 0.538. The maximum atomic E-state index is 12.4. The molecule has 5 atom stereocenters. The lowest BCUT2D eigenvalue weighted by molar-refractivity contribution is -0.0423. The summed E-state index contributed by atoms with van der Waals surface area (Å²) in [5.74, 6) is 0.230. The van der Waals surface area contributed by atoms with E-state index in [0.717, 1.165) is 5.69 Å². The van der Waals surface area contributed by atoms with Gasteiger partial charge in [-0.05, 0) is 50.0 Å². The van der Waals surface area contributed by atoms with Crippen molar-refractivity contribution < 1.29 is 19.7 Å². The highest BCUT2D eigenvalue weighted by Crippen LogP contribution is 2.32. The van der Waals surface area contributed by atoms with Gasteiger partial charge < -0.3 is 36.2 Å². The molecule has 6 N–H and O–H groups in total. The number of aliphatic hydroxyl groups excluding tert-OH is 2. The molecule has 0 aliphatic carbocycles. The number of ether oxygens (including phenoxy) is 1. The minimum atomic E-state index is -1.16. The summed E-state index contributed by atoms with van der Waals surface area (Å²) in [5.41, 5.74) is 8.67. The molecule has 38 heavy (non-hydrogen) atoms. The number of nitrogens with zero attached hydrogens (tertiary/aromatic N) is 5. The molecule has 12 heteroatoms. The van der Waals surface area contributed by atoms with Crippen LogP contribution in [0.25, 0.3) is 11.2 Å². The first-order valence-corrected chi connectivity index (χ1v) is 12.7. The predicted molar refractivity (Wildman–Crippen MR) is 145 cm³/mol. The Hall–Kier alpha value is -3.32. The van der Waals surface area contributed by atoms with Gasteiger partial charge in [-0.3, -0.25) is 4.57 Å². The Morgan fingerprint density at radius 1 is 1.18 bits per heavy atom. The average Bonchev–Trinajstić information content (AvgIpc) is 3.40. The van der Waals surface area contributed by atoms with Gasteiger partial charge in [0.15, 0.2) is 17.7 Å². The van der Waals surface area contributed by atoms with Gasteiger partial charge in [0.25, 0.3) is 0 Å². The number of amides is 2. The third kappa shape index (κ3) is 6.21. The van der Waals surface area contributed by atoms with Gasteiger partial charge in [-0.2, -0.15) is 0 Å². The third-order valence-electron chi connectivity index (χ3n) is 6.82. The maximum absolute atomic E-state index is 12.4. The summed E-state index contributed by atoms with van der Waals surface area (Å²) in [6, 6.07) is 7.51. The lowest BCUT2D eigenvalue weighted by Gasteiger charge is -2.24. The number of urea groups is 1. The van der Waals surface area contributed by atoms with E-state index >= 15 is 0 Å². The number of nitrogens with one attached hydrogen (secondary N) is 2. The first-order chi connectivity index (χ1) is 17.9. The van der Waals surface area contributed by atoms with E-state index in [1.54, 1.807) is 4.57 Å². The number of carbonyl (C=O) groups is 1. The molecule has 1 aliphatic heterocycles. The summed E-state index contributed by atoms with van der Waals surface area (Å²) in [5, 5.41) is 27.1. The molecule has 2 amide bonds. The van der Waals surface area contributed by atoms with Crippen molar-refractivity contribution in [2.24, 2.45) is 0 Å². The van der Waals surface area contributed by atoms with E-state index in [0.29, 0.717) is 30.7 Å². The second-order valence-electron chi connectivity index (χ2n) is 11.0. The fourth-order valence-electron chi connectivity index (χ4n) is 4.50. The molecular formula is C26H38N8O4. The van der Waals surface area contributed by atoms with Gasteiger partial charge in [0.2, 0.25) is 0 Å². The zero-order valence-corrected chi connectivity index (χ0v) is 22.5. The molecule has 4 rings (SSSR count). The average molecular weight is 527 g/mol. The zero-order valence-electron chi connectivity index (χ0n) is 22.5. The zero-order chi connectivity index (χ0) is 27.6. The van der Waals surface area contributed by atoms with Gasteiger partial charge in [0.05, 0.1) is 6.33 Å². The Bertz CT molecular complexity index is 1240. The quantitative estimate of drug-likeness (QED) is 0.295. The van der Waals surface area contributed by atoms with Crippen molar-refractivity contribution in [3.05, 3.63) is 42.5 Å². The molecule has 12 nitrogen and oxygen atoms in total. The van der Waals surface area contributed by atoms with Crippen molar-refractivity contribution in [3.63, 3.8) is 0 Å². The normalized spacial score (nSPS) is 22.6. The van der Waals surface area contributed by atoms with Crippen LogP contribution in [0.3, 0.4) is 0 Å². The minimum absolute atomic E-state index is 0.0528. The van der Waals surface area contributed by atoms with Crippen LogP contribution in [0.2, 0.25) is 0 Å².